The molecule has 1 unspecified atom stereocenters. The zero-order chi connectivity index (χ0) is 20.3. The molecule has 0 aliphatic carbocycles. The Bertz CT molecular complexity index is 996. The summed E-state index contributed by atoms with van der Waals surface area (Å²) in [6, 6.07) is 10.8. The summed E-state index contributed by atoms with van der Waals surface area (Å²) in [5.74, 6) is 1.37. The Kier molecular flexibility index (Phi) is 6.15. The molecule has 1 atom stereocenters. The monoisotopic (exact) mass is 401 g/mol. The highest BCUT2D eigenvalue weighted by Gasteiger charge is 2.20. The number of amides is 1. The summed E-state index contributed by atoms with van der Waals surface area (Å²) in [6.07, 6.45) is 0. The van der Waals surface area contributed by atoms with Crippen LogP contribution in [0.1, 0.15) is 48.5 Å². The quantitative estimate of drug-likeness (QED) is 0.553. The molecule has 1 N–H and O–H groups in total. The molecule has 28 heavy (non-hydrogen) atoms. The van der Waals surface area contributed by atoms with E-state index in [2.05, 4.69) is 5.32 Å². The van der Waals surface area contributed by atoms with Crippen molar-refractivity contribution in [1.29, 1.82) is 0 Å². The van der Waals surface area contributed by atoms with Crippen LogP contribution in [0.3, 0.4) is 0 Å². The van der Waals surface area contributed by atoms with Crippen LogP contribution >= 0.6 is 11.6 Å². The first-order valence-corrected chi connectivity index (χ1v) is 9.71. The molecule has 0 saturated heterocycles. The first-order chi connectivity index (χ1) is 13.4. The van der Waals surface area contributed by atoms with E-state index in [1.54, 1.807) is 18.2 Å². The van der Waals surface area contributed by atoms with Gasteiger partial charge in [-0.05, 0) is 63.6 Å². The molecule has 3 rings (SSSR count). The molecule has 0 fully saturated rings. The minimum absolute atomic E-state index is 0.237. The fourth-order valence-corrected chi connectivity index (χ4v) is 3.26. The van der Waals surface area contributed by atoms with Gasteiger partial charge in [0.05, 0.1) is 19.3 Å². The average molecular weight is 402 g/mol. The van der Waals surface area contributed by atoms with Crippen LogP contribution < -0.4 is 14.8 Å². The fraction of sp³-hybridized carbons (Fsp3) is 0.318. The molecular weight excluding hydrogens is 378 g/mol. The van der Waals surface area contributed by atoms with Crippen LogP contribution in [0.2, 0.25) is 5.02 Å². The molecule has 0 aliphatic rings. The predicted molar refractivity (Wildman–Crippen MR) is 111 cm³/mol. The molecule has 0 spiro atoms. The van der Waals surface area contributed by atoms with Gasteiger partial charge in [0.1, 0.15) is 5.58 Å². The van der Waals surface area contributed by atoms with Crippen molar-refractivity contribution < 1.29 is 18.7 Å². The number of aryl methyl sites for hydroxylation is 1. The fourth-order valence-electron chi connectivity index (χ4n) is 3.09. The van der Waals surface area contributed by atoms with E-state index in [-0.39, 0.29) is 11.9 Å². The molecule has 3 aromatic rings. The van der Waals surface area contributed by atoms with E-state index >= 15 is 0 Å². The van der Waals surface area contributed by atoms with Gasteiger partial charge >= 0.3 is 0 Å². The second-order valence-electron chi connectivity index (χ2n) is 6.46. The Morgan fingerprint density at radius 1 is 1.11 bits per heavy atom. The van der Waals surface area contributed by atoms with Crippen LogP contribution in [-0.4, -0.2) is 19.1 Å². The highest BCUT2D eigenvalue weighted by atomic mass is 35.5. The maximum Gasteiger partial charge on any atom is 0.287 e. The smallest absolute Gasteiger partial charge is 0.287 e. The summed E-state index contributed by atoms with van der Waals surface area (Å²) in [6.45, 7) is 8.70. The molecule has 0 radical (unpaired) electrons. The van der Waals surface area contributed by atoms with Crippen molar-refractivity contribution in [3.8, 4) is 11.5 Å². The van der Waals surface area contributed by atoms with E-state index in [1.807, 2.05) is 45.9 Å². The minimum Gasteiger partial charge on any atom is -0.490 e. The van der Waals surface area contributed by atoms with Crippen molar-refractivity contribution in [3.05, 3.63) is 58.3 Å². The molecule has 0 saturated carbocycles. The van der Waals surface area contributed by atoms with Crippen LogP contribution in [0, 0.1) is 6.92 Å². The third kappa shape index (κ3) is 4.09. The highest BCUT2D eigenvalue weighted by molar-refractivity contribution is 6.31. The zero-order valence-corrected chi connectivity index (χ0v) is 17.2. The van der Waals surface area contributed by atoms with Gasteiger partial charge in [-0.15, -0.1) is 0 Å². The van der Waals surface area contributed by atoms with Crippen LogP contribution in [-0.2, 0) is 0 Å². The van der Waals surface area contributed by atoms with E-state index in [1.165, 1.54) is 0 Å². The lowest BCUT2D eigenvalue weighted by atomic mass is 10.1. The first-order valence-electron chi connectivity index (χ1n) is 9.33. The third-order valence-corrected chi connectivity index (χ3v) is 4.75. The molecule has 2 aromatic carbocycles. The molecule has 6 heteroatoms. The number of carbonyl (C=O) groups excluding carboxylic acids is 1. The van der Waals surface area contributed by atoms with Gasteiger partial charge in [-0.2, -0.15) is 0 Å². The maximum absolute atomic E-state index is 12.8. The van der Waals surface area contributed by atoms with E-state index < -0.39 is 0 Å². The van der Waals surface area contributed by atoms with Crippen molar-refractivity contribution in [2.75, 3.05) is 13.2 Å². The minimum atomic E-state index is -0.274. The number of hydrogen-bond donors (Lipinski definition) is 1. The lowest BCUT2D eigenvalue weighted by Crippen LogP contribution is -2.26. The van der Waals surface area contributed by atoms with E-state index in [0.29, 0.717) is 41.1 Å². The summed E-state index contributed by atoms with van der Waals surface area (Å²) >= 11 is 6.06. The number of carbonyl (C=O) groups is 1. The Morgan fingerprint density at radius 3 is 2.54 bits per heavy atom. The summed E-state index contributed by atoms with van der Waals surface area (Å²) in [5, 5.41) is 4.43. The van der Waals surface area contributed by atoms with Crippen molar-refractivity contribution in [1.82, 2.24) is 5.32 Å². The summed E-state index contributed by atoms with van der Waals surface area (Å²) in [5.41, 5.74) is 2.32. The van der Waals surface area contributed by atoms with Crippen LogP contribution in [0.25, 0.3) is 11.0 Å². The number of nitrogens with one attached hydrogen (secondary N) is 1. The van der Waals surface area contributed by atoms with Gasteiger partial charge in [0.25, 0.3) is 5.91 Å². The lowest BCUT2D eigenvalue weighted by molar-refractivity contribution is 0.0913. The van der Waals surface area contributed by atoms with Gasteiger partial charge < -0.3 is 19.2 Å². The van der Waals surface area contributed by atoms with E-state index in [0.717, 1.165) is 16.5 Å². The van der Waals surface area contributed by atoms with Crippen LogP contribution in [0.4, 0.5) is 0 Å². The number of hydrogen-bond acceptors (Lipinski definition) is 4. The Labute approximate surface area is 169 Å². The second kappa shape index (κ2) is 8.57. The molecule has 0 bridgehead atoms. The number of halogens is 1. The predicted octanol–water partition coefficient (Wildman–Crippen LogP) is 5.68. The third-order valence-electron chi connectivity index (χ3n) is 4.52. The lowest BCUT2D eigenvalue weighted by Gasteiger charge is -2.17. The van der Waals surface area contributed by atoms with Crippen molar-refractivity contribution in [3.63, 3.8) is 0 Å². The maximum atomic E-state index is 12.8. The molecule has 1 heterocycles. The highest BCUT2D eigenvalue weighted by Crippen LogP contribution is 2.32. The number of furan rings is 1. The SMILES string of the molecule is CCOc1ccc(C(C)NC(=O)c2oc3ccc(Cl)cc3c2C)cc1OCC. The topological polar surface area (TPSA) is 60.7 Å². The number of ether oxygens (including phenoxy) is 2. The average Bonchev–Trinajstić information content (AvgIpc) is 3.00. The van der Waals surface area contributed by atoms with E-state index in [4.69, 9.17) is 25.5 Å². The number of rotatable bonds is 7. The van der Waals surface area contributed by atoms with E-state index in [9.17, 15) is 4.79 Å². The van der Waals surface area contributed by atoms with Crippen molar-refractivity contribution >= 4 is 28.5 Å². The molecule has 5 nitrogen and oxygen atoms in total. The van der Waals surface area contributed by atoms with Crippen molar-refractivity contribution in [2.45, 2.75) is 33.7 Å². The molecule has 0 aliphatic heterocycles. The second-order valence-corrected chi connectivity index (χ2v) is 6.90. The Morgan fingerprint density at radius 2 is 1.82 bits per heavy atom. The van der Waals surface area contributed by atoms with Gasteiger partial charge in [0.15, 0.2) is 17.3 Å². The zero-order valence-electron chi connectivity index (χ0n) is 16.5. The molecular formula is C22H24ClNO4. The molecule has 148 valence electrons. The van der Waals surface area contributed by atoms with Crippen LogP contribution in [0.5, 0.6) is 11.5 Å². The van der Waals surface area contributed by atoms with Gasteiger partial charge in [0, 0.05) is 16.0 Å². The summed E-state index contributed by atoms with van der Waals surface area (Å²) in [4.78, 5) is 12.8. The van der Waals surface area contributed by atoms with Gasteiger partial charge in [0.2, 0.25) is 0 Å². The van der Waals surface area contributed by atoms with Gasteiger partial charge in [-0.3, -0.25) is 4.79 Å². The summed E-state index contributed by atoms with van der Waals surface area (Å²) < 4.78 is 17.0. The Balaban J connectivity index is 1.82. The normalized spacial score (nSPS) is 12.0. The standard InChI is InChI=1S/C22H24ClNO4/c1-5-26-19-9-7-15(11-20(19)27-6-2)14(4)24-22(25)21-13(3)17-12-16(23)8-10-18(17)28-21/h7-12,14H,5-6H2,1-4H3,(H,24,25). The van der Waals surface area contributed by atoms with Gasteiger partial charge in [-0.25, -0.2) is 0 Å². The Hall–Kier alpha value is -2.66. The molecule has 1 amide bonds. The first kappa shape index (κ1) is 20.1. The largest absolute Gasteiger partial charge is 0.490 e. The van der Waals surface area contributed by atoms with Crippen molar-refractivity contribution in [2.24, 2.45) is 0 Å². The summed E-state index contributed by atoms with van der Waals surface area (Å²) in [7, 11) is 0. The van der Waals surface area contributed by atoms with Crippen LogP contribution in [0.15, 0.2) is 40.8 Å². The van der Waals surface area contributed by atoms with Gasteiger partial charge in [-0.1, -0.05) is 17.7 Å². The molecule has 1 aromatic heterocycles. The number of benzene rings is 2. The number of fused-ring (bicyclic) bond motifs is 1.